The lowest BCUT2D eigenvalue weighted by molar-refractivity contribution is 0.172. The van der Waals surface area contributed by atoms with Gasteiger partial charge in [-0.1, -0.05) is 29.4 Å². The first-order chi connectivity index (χ1) is 8.49. The van der Waals surface area contributed by atoms with Gasteiger partial charge in [0, 0.05) is 11.3 Å². The summed E-state index contributed by atoms with van der Waals surface area (Å²) in [7, 11) is -3.56. The molecule has 2 rings (SSSR count). The summed E-state index contributed by atoms with van der Waals surface area (Å²) in [4.78, 5) is 2.76. The van der Waals surface area contributed by atoms with Crippen molar-refractivity contribution in [1.82, 2.24) is 0 Å². The Morgan fingerprint density at radius 1 is 1.33 bits per heavy atom. The van der Waals surface area contributed by atoms with Crippen LogP contribution in [0, 0.1) is 0 Å². The van der Waals surface area contributed by atoms with Gasteiger partial charge in [0.05, 0.1) is 18.4 Å². The Bertz CT molecular complexity index is 593. The van der Waals surface area contributed by atoms with Crippen molar-refractivity contribution < 1.29 is 12.6 Å². The molecule has 0 aromatic heterocycles. The van der Waals surface area contributed by atoms with E-state index in [1.165, 1.54) is 0 Å². The van der Waals surface area contributed by atoms with E-state index in [4.69, 9.17) is 9.71 Å². The van der Waals surface area contributed by atoms with Crippen molar-refractivity contribution in [3.63, 3.8) is 0 Å². The Morgan fingerprint density at radius 2 is 1.94 bits per heavy atom. The van der Waals surface area contributed by atoms with Crippen molar-refractivity contribution in [2.75, 3.05) is 6.26 Å². The fourth-order valence-electron chi connectivity index (χ4n) is 2.17. The Morgan fingerprint density at radius 3 is 2.50 bits per heavy atom. The zero-order valence-electron chi connectivity index (χ0n) is 9.85. The van der Waals surface area contributed by atoms with Crippen LogP contribution < -0.4 is 0 Å². The highest BCUT2D eigenvalue weighted by Crippen LogP contribution is 2.26. The van der Waals surface area contributed by atoms with Gasteiger partial charge in [0.15, 0.2) is 0 Å². The molecular weight excluding hydrogens is 254 g/mol. The quantitative estimate of drug-likeness (QED) is 0.362. The molecule has 6 nitrogen and oxygen atoms in total. The molecule has 0 N–H and O–H groups in total. The normalized spacial score (nSPS) is 22.9. The van der Waals surface area contributed by atoms with Gasteiger partial charge in [-0.25, -0.2) is 0 Å². The third kappa shape index (κ3) is 3.01. The summed E-state index contributed by atoms with van der Waals surface area (Å²) in [6.07, 6.45) is 1.32. The third-order valence-electron chi connectivity index (χ3n) is 2.90. The molecule has 96 valence electrons. The molecule has 0 saturated heterocycles. The molecule has 0 radical (unpaired) electrons. The predicted molar refractivity (Wildman–Crippen MR) is 66.5 cm³/mol. The summed E-state index contributed by atoms with van der Waals surface area (Å²) in [5.41, 5.74) is 10.6. The summed E-state index contributed by atoms with van der Waals surface area (Å²) in [5, 5.41) is 3.64. The SMILES string of the molecule is CS(=O)(=O)O[C@@H]1Cc2ccccc2C[C@H]1N=[N+]=[N-]. The van der Waals surface area contributed by atoms with Gasteiger partial charge in [-0.3, -0.25) is 4.18 Å². The van der Waals surface area contributed by atoms with Crippen LogP contribution in [0.1, 0.15) is 11.1 Å². The van der Waals surface area contributed by atoms with E-state index in [1.807, 2.05) is 24.3 Å². The lowest BCUT2D eigenvalue weighted by Crippen LogP contribution is -2.37. The van der Waals surface area contributed by atoms with E-state index in [9.17, 15) is 8.42 Å². The largest absolute Gasteiger partial charge is 0.266 e. The van der Waals surface area contributed by atoms with Crippen molar-refractivity contribution in [2.45, 2.75) is 25.0 Å². The molecule has 0 aliphatic heterocycles. The van der Waals surface area contributed by atoms with Crippen molar-refractivity contribution in [3.05, 3.63) is 45.8 Å². The highest BCUT2D eigenvalue weighted by Gasteiger charge is 2.30. The zero-order chi connectivity index (χ0) is 13.2. The number of hydrogen-bond acceptors (Lipinski definition) is 4. The number of rotatable bonds is 3. The van der Waals surface area contributed by atoms with E-state index in [2.05, 4.69) is 10.0 Å². The zero-order valence-corrected chi connectivity index (χ0v) is 10.7. The standard InChI is InChI=1S/C11H13N3O3S/c1-18(15,16)17-11-7-9-5-3-2-4-8(9)6-10(11)13-14-12/h2-5,10-11H,6-7H2,1H3/t10-,11-/m1/s1. The lowest BCUT2D eigenvalue weighted by atomic mass is 9.87. The van der Waals surface area contributed by atoms with E-state index in [0.717, 1.165) is 17.4 Å². The van der Waals surface area contributed by atoms with Gasteiger partial charge in [-0.05, 0) is 23.1 Å². The molecule has 1 aliphatic rings. The van der Waals surface area contributed by atoms with E-state index in [0.29, 0.717) is 12.8 Å². The van der Waals surface area contributed by atoms with Crippen molar-refractivity contribution in [3.8, 4) is 0 Å². The molecule has 0 amide bonds. The van der Waals surface area contributed by atoms with Crippen LogP contribution >= 0.6 is 0 Å². The van der Waals surface area contributed by atoms with Crippen LogP contribution in [0.3, 0.4) is 0 Å². The molecule has 1 aromatic carbocycles. The van der Waals surface area contributed by atoms with Crippen LogP contribution in [0.5, 0.6) is 0 Å². The lowest BCUT2D eigenvalue weighted by Gasteiger charge is -2.29. The van der Waals surface area contributed by atoms with Crippen LogP contribution in [-0.4, -0.2) is 26.8 Å². The second-order valence-corrected chi connectivity index (χ2v) is 5.89. The van der Waals surface area contributed by atoms with Gasteiger partial charge in [-0.15, -0.1) is 0 Å². The minimum atomic E-state index is -3.56. The van der Waals surface area contributed by atoms with E-state index in [-0.39, 0.29) is 0 Å². The smallest absolute Gasteiger partial charge is 0.264 e. The monoisotopic (exact) mass is 267 g/mol. The Hall–Kier alpha value is -1.56. The average Bonchev–Trinajstić information content (AvgIpc) is 2.28. The topological polar surface area (TPSA) is 92.1 Å². The fourth-order valence-corrected chi connectivity index (χ4v) is 2.81. The van der Waals surface area contributed by atoms with Crippen LogP contribution in [0.2, 0.25) is 0 Å². The summed E-state index contributed by atoms with van der Waals surface area (Å²) in [6, 6.07) is 7.19. The Kier molecular flexibility index (Phi) is 3.56. The predicted octanol–water partition coefficient (Wildman–Crippen LogP) is 1.81. The number of hydrogen-bond donors (Lipinski definition) is 0. The van der Waals surface area contributed by atoms with Crippen LogP contribution in [0.4, 0.5) is 0 Å². The maximum absolute atomic E-state index is 11.2. The third-order valence-corrected chi connectivity index (χ3v) is 3.49. The molecular formula is C11H13N3O3S. The minimum absolute atomic E-state index is 0.437. The first-order valence-corrected chi connectivity index (χ1v) is 7.30. The molecule has 1 aliphatic carbocycles. The highest BCUT2D eigenvalue weighted by molar-refractivity contribution is 7.86. The molecule has 7 heteroatoms. The highest BCUT2D eigenvalue weighted by atomic mass is 32.2. The number of azide groups is 1. The average molecular weight is 267 g/mol. The first-order valence-electron chi connectivity index (χ1n) is 5.49. The molecule has 2 atom stereocenters. The number of fused-ring (bicyclic) bond motifs is 1. The van der Waals surface area contributed by atoms with E-state index < -0.39 is 22.3 Å². The number of nitrogens with zero attached hydrogens (tertiary/aromatic N) is 3. The fraction of sp³-hybridized carbons (Fsp3) is 0.455. The molecule has 1 aromatic rings. The second-order valence-electron chi connectivity index (χ2n) is 4.29. The molecule has 18 heavy (non-hydrogen) atoms. The van der Waals surface area contributed by atoms with Gasteiger partial charge in [0.2, 0.25) is 0 Å². The van der Waals surface area contributed by atoms with Gasteiger partial charge in [0.1, 0.15) is 0 Å². The summed E-state index contributed by atoms with van der Waals surface area (Å²) >= 11 is 0. The van der Waals surface area contributed by atoms with Gasteiger partial charge in [-0.2, -0.15) is 8.42 Å². The molecule has 0 heterocycles. The summed E-state index contributed by atoms with van der Waals surface area (Å²) in [6.45, 7) is 0. The van der Waals surface area contributed by atoms with E-state index in [1.54, 1.807) is 0 Å². The Labute approximate surface area is 105 Å². The number of benzene rings is 1. The molecule has 0 bridgehead atoms. The molecule has 0 unspecified atom stereocenters. The first kappa shape index (κ1) is 12.9. The molecule has 0 saturated carbocycles. The second kappa shape index (κ2) is 4.97. The summed E-state index contributed by atoms with van der Waals surface area (Å²) in [5.74, 6) is 0. The van der Waals surface area contributed by atoms with Crippen LogP contribution in [0.15, 0.2) is 29.4 Å². The van der Waals surface area contributed by atoms with E-state index >= 15 is 0 Å². The molecule has 0 fully saturated rings. The van der Waals surface area contributed by atoms with Crippen LogP contribution in [0.25, 0.3) is 10.4 Å². The maximum atomic E-state index is 11.2. The van der Waals surface area contributed by atoms with Crippen molar-refractivity contribution in [2.24, 2.45) is 5.11 Å². The van der Waals surface area contributed by atoms with Gasteiger partial charge >= 0.3 is 0 Å². The maximum Gasteiger partial charge on any atom is 0.264 e. The summed E-state index contributed by atoms with van der Waals surface area (Å²) < 4.78 is 27.4. The van der Waals surface area contributed by atoms with Crippen molar-refractivity contribution in [1.29, 1.82) is 0 Å². The van der Waals surface area contributed by atoms with Gasteiger partial charge < -0.3 is 0 Å². The van der Waals surface area contributed by atoms with Gasteiger partial charge in [0.25, 0.3) is 10.1 Å². The van der Waals surface area contributed by atoms with Crippen molar-refractivity contribution >= 4 is 10.1 Å². The Balaban J connectivity index is 2.31. The van der Waals surface area contributed by atoms with Crippen LogP contribution in [-0.2, 0) is 27.1 Å². The molecule has 0 spiro atoms. The minimum Gasteiger partial charge on any atom is -0.266 e.